The molecule has 0 bridgehead atoms. The van der Waals surface area contributed by atoms with Crippen molar-refractivity contribution in [2.75, 3.05) is 11.9 Å². The van der Waals surface area contributed by atoms with Crippen LogP contribution in [0, 0.1) is 5.92 Å². The molecule has 0 spiro atoms. The van der Waals surface area contributed by atoms with Crippen LogP contribution in [0.4, 0.5) is 5.69 Å². The molecule has 1 saturated carbocycles. The molecule has 1 aliphatic heterocycles. The Kier molecular flexibility index (Phi) is 5.15. The number of hydrogen-bond donors (Lipinski definition) is 1. The summed E-state index contributed by atoms with van der Waals surface area (Å²) in [6, 6.07) is 5.08. The minimum absolute atomic E-state index is 0.0977. The lowest BCUT2D eigenvalue weighted by atomic mass is 10.00. The van der Waals surface area contributed by atoms with Gasteiger partial charge in [0, 0.05) is 17.7 Å². The molecular formula is C18H18Cl3N3O2. The molecule has 1 saturated heterocycles. The van der Waals surface area contributed by atoms with Crippen molar-refractivity contribution in [3.8, 4) is 5.69 Å². The Balaban J connectivity index is 1.57. The quantitative estimate of drug-likeness (QED) is 0.796. The molecule has 8 heteroatoms. The summed E-state index contributed by atoms with van der Waals surface area (Å²) >= 11 is 18.4. The van der Waals surface area contributed by atoms with E-state index in [1.165, 1.54) is 17.5 Å². The van der Waals surface area contributed by atoms with E-state index in [0.29, 0.717) is 33.4 Å². The van der Waals surface area contributed by atoms with Gasteiger partial charge in [0.2, 0.25) is 0 Å². The highest BCUT2D eigenvalue weighted by atomic mass is 35.5. The molecule has 0 amide bonds. The van der Waals surface area contributed by atoms with Crippen LogP contribution < -0.4 is 10.9 Å². The smallest absolute Gasteiger partial charge is 0.292 e. The summed E-state index contributed by atoms with van der Waals surface area (Å²) in [5.41, 5.74) is 0.556. The van der Waals surface area contributed by atoms with Crippen molar-refractivity contribution in [1.82, 2.24) is 9.78 Å². The average Bonchev–Trinajstić information content (AvgIpc) is 3.46. The normalized spacial score (nSPS) is 23.0. The zero-order valence-corrected chi connectivity index (χ0v) is 16.2. The van der Waals surface area contributed by atoms with Crippen LogP contribution in [0.15, 0.2) is 29.2 Å². The van der Waals surface area contributed by atoms with Crippen molar-refractivity contribution in [1.29, 1.82) is 0 Å². The van der Waals surface area contributed by atoms with Crippen LogP contribution in [0.1, 0.15) is 25.7 Å². The Morgan fingerprint density at radius 1 is 1.19 bits per heavy atom. The molecule has 1 aromatic heterocycles. The van der Waals surface area contributed by atoms with Crippen molar-refractivity contribution in [3.05, 3.63) is 49.8 Å². The predicted octanol–water partition coefficient (Wildman–Crippen LogP) is 4.56. The number of nitrogens with zero attached hydrogens (tertiary/aromatic N) is 2. The largest absolute Gasteiger partial charge is 0.379 e. The van der Waals surface area contributed by atoms with Gasteiger partial charge in [0.05, 0.1) is 28.7 Å². The number of nitrogens with one attached hydrogen (secondary N) is 1. The van der Waals surface area contributed by atoms with Gasteiger partial charge in [-0.25, -0.2) is 0 Å². The molecule has 2 aliphatic rings. The van der Waals surface area contributed by atoms with Gasteiger partial charge in [-0.1, -0.05) is 34.8 Å². The first-order chi connectivity index (χ1) is 12.5. The first-order valence-electron chi connectivity index (χ1n) is 8.64. The molecule has 1 aromatic carbocycles. The zero-order chi connectivity index (χ0) is 18.3. The number of aromatic nitrogens is 2. The molecule has 1 N–H and O–H groups in total. The molecule has 5 nitrogen and oxygen atoms in total. The Labute approximate surface area is 166 Å². The van der Waals surface area contributed by atoms with Gasteiger partial charge in [-0.05, 0) is 49.8 Å². The summed E-state index contributed by atoms with van der Waals surface area (Å²) in [5, 5.41) is 8.51. The summed E-state index contributed by atoms with van der Waals surface area (Å²) in [4.78, 5) is 12.7. The highest BCUT2D eigenvalue weighted by Crippen LogP contribution is 2.38. The van der Waals surface area contributed by atoms with Gasteiger partial charge in [0.25, 0.3) is 5.56 Å². The van der Waals surface area contributed by atoms with Crippen LogP contribution in [-0.4, -0.2) is 28.5 Å². The molecule has 2 aromatic rings. The fourth-order valence-electron chi connectivity index (χ4n) is 3.33. The van der Waals surface area contributed by atoms with Gasteiger partial charge >= 0.3 is 0 Å². The summed E-state index contributed by atoms with van der Waals surface area (Å²) in [7, 11) is 0. The zero-order valence-electron chi connectivity index (χ0n) is 13.9. The molecule has 2 heterocycles. The molecule has 4 rings (SSSR count). The van der Waals surface area contributed by atoms with Crippen LogP contribution in [0.5, 0.6) is 0 Å². The van der Waals surface area contributed by atoms with E-state index in [0.717, 1.165) is 19.4 Å². The second-order valence-electron chi connectivity index (χ2n) is 6.80. The van der Waals surface area contributed by atoms with Crippen LogP contribution in [0.3, 0.4) is 0 Å². The average molecular weight is 415 g/mol. The lowest BCUT2D eigenvalue weighted by Gasteiger charge is -2.31. The first-order valence-corrected chi connectivity index (χ1v) is 9.77. The number of halogens is 3. The summed E-state index contributed by atoms with van der Waals surface area (Å²) < 4.78 is 7.03. The summed E-state index contributed by atoms with van der Waals surface area (Å²) in [5.74, 6) is 0.688. The van der Waals surface area contributed by atoms with E-state index in [2.05, 4.69) is 10.4 Å². The third-order valence-electron chi connectivity index (χ3n) is 4.88. The topological polar surface area (TPSA) is 56.1 Å². The van der Waals surface area contributed by atoms with Crippen LogP contribution >= 0.6 is 34.8 Å². The number of hydrogen-bond acceptors (Lipinski definition) is 4. The van der Waals surface area contributed by atoms with Crippen LogP contribution in [-0.2, 0) is 4.74 Å². The molecule has 2 unspecified atom stereocenters. The van der Waals surface area contributed by atoms with Crippen molar-refractivity contribution in [2.45, 2.75) is 37.8 Å². The molecule has 138 valence electrons. The number of benzene rings is 1. The Morgan fingerprint density at radius 3 is 2.73 bits per heavy atom. The molecule has 2 fully saturated rings. The van der Waals surface area contributed by atoms with Crippen LogP contribution in [0.25, 0.3) is 5.69 Å². The molecule has 0 radical (unpaired) electrons. The SMILES string of the molecule is O=c1c(Cl)c(NC2CCOC(C3CC3)C2)cnn1-c1ccc(Cl)cc1Cl. The molecular weight excluding hydrogens is 397 g/mol. The van der Waals surface area contributed by atoms with Gasteiger partial charge < -0.3 is 10.1 Å². The van der Waals surface area contributed by atoms with E-state index in [-0.39, 0.29) is 11.1 Å². The second kappa shape index (κ2) is 7.39. The maximum absolute atomic E-state index is 12.7. The maximum Gasteiger partial charge on any atom is 0.292 e. The number of anilines is 1. The van der Waals surface area contributed by atoms with E-state index >= 15 is 0 Å². The fourth-order valence-corrected chi connectivity index (χ4v) is 4.01. The first kappa shape index (κ1) is 18.1. The predicted molar refractivity (Wildman–Crippen MR) is 104 cm³/mol. The maximum atomic E-state index is 12.7. The Morgan fingerprint density at radius 2 is 2.00 bits per heavy atom. The second-order valence-corrected chi connectivity index (χ2v) is 8.02. The Hall–Kier alpha value is -1.27. The van der Waals surface area contributed by atoms with Gasteiger partial charge in [0.1, 0.15) is 5.02 Å². The molecule has 2 atom stereocenters. The van der Waals surface area contributed by atoms with Gasteiger partial charge in [-0.3, -0.25) is 4.79 Å². The van der Waals surface area contributed by atoms with E-state index < -0.39 is 5.56 Å². The van der Waals surface area contributed by atoms with Gasteiger partial charge in [-0.15, -0.1) is 0 Å². The summed E-state index contributed by atoms with van der Waals surface area (Å²) in [6.07, 6.45) is 6.17. The fraction of sp³-hybridized carbons (Fsp3) is 0.444. The standard InChI is InChI=1S/C18H18Cl3N3O2/c19-11-3-4-15(13(20)7-11)24-18(25)17(21)14(9-22-24)23-12-5-6-26-16(8-12)10-1-2-10/h3-4,7,9-10,12,16,23H,1-2,5-6,8H2. The molecule has 1 aliphatic carbocycles. The van der Waals surface area contributed by atoms with Crippen molar-refractivity contribution in [2.24, 2.45) is 5.92 Å². The highest BCUT2D eigenvalue weighted by Gasteiger charge is 2.36. The van der Waals surface area contributed by atoms with Gasteiger partial charge in [0.15, 0.2) is 0 Å². The van der Waals surface area contributed by atoms with Gasteiger partial charge in [-0.2, -0.15) is 9.78 Å². The highest BCUT2D eigenvalue weighted by molar-refractivity contribution is 6.36. The van der Waals surface area contributed by atoms with E-state index in [1.807, 2.05) is 0 Å². The van der Waals surface area contributed by atoms with E-state index in [9.17, 15) is 4.79 Å². The molecule has 26 heavy (non-hydrogen) atoms. The number of rotatable bonds is 4. The third-order valence-corrected chi connectivity index (χ3v) is 5.78. The third kappa shape index (κ3) is 3.72. The van der Waals surface area contributed by atoms with Crippen molar-refractivity contribution >= 4 is 40.5 Å². The van der Waals surface area contributed by atoms with Crippen molar-refractivity contribution in [3.63, 3.8) is 0 Å². The lowest BCUT2D eigenvalue weighted by Crippen LogP contribution is -2.35. The number of ether oxygens (including phenoxy) is 1. The minimum Gasteiger partial charge on any atom is -0.379 e. The van der Waals surface area contributed by atoms with E-state index in [4.69, 9.17) is 39.5 Å². The summed E-state index contributed by atoms with van der Waals surface area (Å²) in [6.45, 7) is 0.724. The Bertz CT molecular complexity index is 882. The van der Waals surface area contributed by atoms with E-state index in [1.54, 1.807) is 24.4 Å². The van der Waals surface area contributed by atoms with Crippen molar-refractivity contribution < 1.29 is 4.74 Å². The minimum atomic E-state index is -0.424. The van der Waals surface area contributed by atoms with Crippen LogP contribution in [0.2, 0.25) is 15.1 Å². The lowest BCUT2D eigenvalue weighted by molar-refractivity contribution is -0.00219. The monoisotopic (exact) mass is 413 g/mol.